The second-order valence-electron chi connectivity index (χ2n) is 14.4. The number of fused-ring (bicyclic) bond motifs is 1. The molecule has 30 heteroatoms. The van der Waals surface area contributed by atoms with Gasteiger partial charge in [-0.15, -0.1) is 0 Å². The summed E-state index contributed by atoms with van der Waals surface area (Å²) in [6.07, 6.45) is -7.15. The summed E-state index contributed by atoms with van der Waals surface area (Å²) >= 11 is 0. The molecule has 344 valence electrons. The van der Waals surface area contributed by atoms with Crippen LogP contribution < -0.4 is 21.7 Å². The number of rotatable bonds is 22. The zero-order chi connectivity index (χ0) is 45.5. The van der Waals surface area contributed by atoms with E-state index < -0.39 is 90.3 Å². The molecule has 62 heavy (non-hydrogen) atoms. The van der Waals surface area contributed by atoms with Crippen LogP contribution in [-0.4, -0.2) is 138 Å². The van der Waals surface area contributed by atoms with Gasteiger partial charge in [-0.1, -0.05) is 44.2 Å². The molecular formula is C32H47N8O19P3. The zero-order valence-corrected chi connectivity index (χ0v) is 35.7. The Labute approximate surface area is 352 Å². The van der Waals surface area contributed by atoms with Crippen molar-refractivity contribution in [3.63, 3.8) is 0 Å². The van der Waals surface area contributed by atoms with E-state index in [1.54, 1.807) is 24.3 Å². The first-order valence-corrected chi connectivity index (χ1v) is 23.0. The van der Waals surface area contributed by atoms with Gasteiger partial charge in [-0.2, -0.15) is 4.31 Å². The molecule has 2 aromatic heterocycles. The minimum Gasteiger partial charge on any atom is -0.386 e. The molecule has 11 N–H and O–H groups in total. The number of nitrogen functional groups attached to an aromatic ring is 1. The van der Waals surface area contributed by atoms with Crippen molar-refractivity contribution in [3.05, 3.63) is 48.5 Å². The van der Waals surface area contributed by atoms with E-state index in [1.807, 2.05) is 6.07 Å². The Bertz CT molecular complexity index is 2190. The number of aromatic nitrogens is 4. The Hall–Kier alpha value is -3.85. The highest BCUT2D eigenvalue weighted by molar-refractivity contribution is 7.61. The molecule has 0 aliphatic carbocycles. The summed E-state index contributed by atoms with van der Waals surface area (Å²) in [5.41, 5.74) is 4.92. The largest absolute Gasteiger partial charge is 0.481 e. The monoisotopic (exact) mass is 940 g/mol. The number of benzene rings is 1. The average Bonchev–Trinajstić information content (AvgIpc) is 3.93. The van der Waals surface area contributed by atoms with Gasteiger partial charge in [-0.3, -0.25) is 32.5 Å². The van der Waals surface area contributed by atoms with Crippen molar-refractivity contribution in [2.45, 2.75) is 63.1 Å². The third-order valence-corrected chi connectivity index (χ3v) is 12.3. The summed E-state index contributed by atoms with van der Waals surface area (Å²) in [6.45, 7) is 0.976. The van der Waals surface area contributed by atoms with Crippen molar-refractivity contribution >= 4 is 58.2 Å². The Balaban J connectivity index is 1.03. The predicted molar refractivity (Wildman–Crippen MR) is 207 cm³/mol. The van der Waals surface area contributed by atoms with Crippen LogP contribution in [0.1, 0.15) is 38.5 Å². The second-order valence-corrected chi connectivity index (χ2v) is 18.6. The van der Waals surface area contributed by atoms with Gasteiger partial charge in [0.25, 0.3) is 0 Å². The number of nitrogens with zero attached hydrogens (tertiary/aromatic N) is 4. The number of amides is 3. The van der Waals surface area contributed by atoms with E-state index in [1.165, 1.54) is 13.8 Å². The Morgan fingerprint density at radius 3 is 2.26 bits per heavy atom. The molecule has 5 rings (SSSR count). The number of carbonyl (C=O) groups excluding carboxylic acids is 3. The lowest BCUT2D eigenvalue weighted by molar-refractivity contribution is -0.177. The maximum atomic E-state index is 12.7. The minimum absolute atomic E-state index is 0.0245. The Morgan fingerprint density at radius 1 is 0.952 bits per heavy atom. The van der Waals surface area contributed by atoms with E-state index in [4.69, 9.17) is 29.0 Å². The third-order valence-electron chi connectivity index (χ3n) is 9.21. The van der Waals surface area contributed by atoms with E-state index in [0.717, 1.165) is 17.2 Å². The molecule has 7 atom stereocenters. The van der Waals surface area contributed by atoms with Crippen molar-refractivity contribution < 1.29 is 90.0 Å². The number of hydrogen-bond donors (Lipinski definition) is 10. The Kier molecular flexibility index (Phi) is 16.1. The van der Waals surface area contributed by atoms with E-state index in [0.29, 0.717) is 18.8 Å². The SMILES string of the molecule is CC(C)(COP(=O)(O)OP(=O)(O)OC[C@H]1O[C@@H](n2cnc3c(N)ncnc32)[C@H](O)[C@@H]1OP(=O)(O)O)[C@@H](O)C(=O)NCCC(=O)NCCNC(=O)CC1(c2ccccc2)OCCO1. The summed E-state index contributed by atoms with van der Waals surface area (Å²) in [4.78, 5) is 88.7. The predicted octanol–water partition coefficient (Wildman–Crippen LogP) is -1.19. The fourth-order valence-corrected chi connectivity index (χ4v) is 8.96. The number of phosphoric acid groups is 3. The number of phosphoric ester groups is 3. The summed E-state index contributed by atoms with van der Waals surface area (Å²) in [5.74, 6) is -3.13. The quantitative estimate of drug-likeness (QED) is 0.0418. The first kappa shape index (κ1) is 49.2. The highest BCUT2D eigenvalue weighted by Gasteiger charge is 2.50. The topological polar surface area (TPSA) is 394 Å². The number of nitrogens with one attached hydrogen (secondary N) is 3. The van der Waals surface area contributed by atoms with Crippen LogP contribution in [-0.2, 0) is 66.0 Å². The number of hydrogen-bond acceptors (Lipinski definition) is 19. The van der Waals surface area contributed by atoms with Crippen LogP contribution in [0.3, 0.4) is 0 Å². The number of ether oxygens (including phenoxy) is 3. The molecule has 3 aromatic rings. The number of carbonyl (C=O) groups is 3. The van der Waals surface area contributed by atoms with Crippen molar-refractivity contribution in [2.24, 2.45) is 5.41 Å². The fraction of sp³-hybridized carbons (Fsp3) is 0.562. The molecule has 0 radical (unpaired) electrons. The normalized spacial score (nSPS) is 22.7. The van der Waals surface area contributed by atoms with Crippen LogP contribution in [0.15, 0.2) is 43.0 Å². The summed E-state index contributed by atoms with van der Waals surface area (Å²) in [7, 11) is -16.5. The van der Waals surface area contributed by atoms with Crippen LogP contribution in [0.2, 0.25) is 0 Å². The number of aliphatic hydroxyl groups excluding tert-OH is 2. The lowest BCUT2D eigenvalue weighted by atomic mass is 9.87. The molecule has 0 spiro atoms. The average molecular weight is 941 g/mol. The van der Waals surface area contributed by atoms with E-state index in [2.05, 4.69) is 39.7 Å². The molecule has 2 aliphatic rings. The molecule has 0 saturated carbocycles. The molecular weight excluding hydrogens is 893 g/mol. The van der Waals surface area contributed by atoms with Crippen molar-refractivity contribution in [2.75, 3.05) is 51.8 Å². The second kappa shape index (κ2) is 20.3. The number of nitrogens with two attached hydrogens (primary N) is 1. The minimum atomic E-state index is -5.59. The van der Waals surface area contributed by atoms with Crippen molar-refractivity contribution in [3.8, 4) is 0 Å². The Morgan fingerprint density at radius 2 is 1.60 bits per heavy atom. The van der Waals surface area contributed by atoms with Gasteiger partial charge in [0.05, 0.1) is 39.2 Å². The molecule has 2 fully saturated rings. The number of anilines is 1. The molecule has 4 heterocycles. The summed E-state index contributed by atoms with van der Waals surface area (Å²) < 4.78 is 73.8. The molecule has 0 bridgehead atoms. The molecule has 2 aliphatic heterocycles. The van der Waals surface area contributed by atoms with Crippen LogP contribution in [0.25, 0.3) is 11.2 Å². The van der Waals surface area contributed by atoms with Crippen LogP contribution in [0, 0.1) is 5.41 Å². The van der Waals surface area contributed by atoms with Gasteiger partial charge in [0, 0.05) is 37.0 Å². The molecule has 27 nitrogen and oxygen atoms in total. The molecule has 2 saturated heterocycles. The van der Waals surface area contributed by atoms with Crippen LogP contribution in [0.5, 0.6) is 0 Å². The van der Waals surface area contributed by atoms with E-state index in [9.17, 15) is 57.9 Å². The smallest absolute Gasteiger partial charge is 0.386 e. The maximum absolute atomic E-state index is 12.7. The lowest BCUT2D eigenvalue weighted by Gasteiger charge is -2.30. The van der Waals surface area contributed by atoms with Gasteiger partial charge in [0.15, 0.2) is 17.7 Å². The van der Waals surface area contributed by atoms with Gasteiger partial charge in [-0.25, -0.2) is 28.6 Å². The first-order valence-electron chi connectivity index (χ1n) is 18.5. The van der Waals surface area contributed by atoms with Crippen molar-refractivity contribution in [1.82, 2.24) is 35.5 Å². The van der Waals surface area contributed by atoms with E-state index >= 15 is 0 Å². The molecule has 2 unspecified atom stereocenters. The number of aliphatic hydroxyl groups is 2. The van der Waals surface area contributed by atoms with Gasteiger partial charge in [0.2, 0.25) is 23.5 Å². The van der Waals surface area contributed by atoms with Gasteiger partial charge in [0.1, 0.15) is 36.3 Å². The highest BCUT2D eigenvalue weighted by Crippen LogP contribution is 2.61. The maximum Gasteiger partial charge on any atom is 0.481 e. The van der Waals surface area contributed by atoms with Crippen molar-refractivity contribution in [1.29, 1.82) is 0 Å². The number of imidazole rings is 1. The third kappa shape index (κ3) is 13.1. The van der Waals surface area contributed by atoms with E-state index in [-0.39, 0.29) is 55.4 Å². The lowest BCUT2D eigenvalue weighted by Crippen LogP contribution is -2.46. The summed E-state index contributed by atoms with van der Waals surface area (Å²) in [5, 5.41) is 29.1. The first-order chi connectivity index (χ1) is 29.0. The van der Waals surface area contributed by atoms with Gasteiger partial charge in [-0.05, 0) is 0 Å². The highest BCUT2D eigenvalue weighted by atomic mass is 31.3. The zero-order valence-electron chi connectivity index (χ0n) is 33.0. The standard InChI is InChI=1S/C32H47N8O19P3/c1-31(2,26(44)29(45)36-9-8-21(41)34-10-11-35-22(42)14-32(53-12-13-54-32)19-6-4-3-5-7-19)16-56-62(51,52)59-61(49,50)55-15-20-25(58-60(46,47)48)24(43)30(57-20)40-18-39-23-27(33)37-17-38-28(23)40/h3-7,17-18,20,24-26,30,43-44H,8-16H2,1-2H3,(H,34,41)(H,35,42)(H,36,45)(H,49,50)(H,51,52)(H2,33,37,38)(H2,46,47,48)/t20-,24-,25-,26+,30-/m1/s1. The van der Waals surface area contributed by atoms with Gasteiger partial charge < -0.3 is 65.7 Å². The van der Waals surface area contributed by atoms with Crippen LogP contribution >= 0.6 is 23.5 Å². The van der Waals surface area contributed by atoms with Gasteiger partial charge >= 0.3 is 23.5 Å². The fourth-order valence-electron chi connectivity index (χ4n) is 6.14. The summed E-state index contributed by atoms with van der Waals surface area (Å²) in [6, 6.07) is 9.00. The molecule has 3 amide bonds. The van der Waals surface area contributed by atoms with Crippen LogP contribution in [0.4, 0.5) is 5.82 Å². The molecule has 1 aromatic carbocycles.